The smallest absolute Gasteiger partial charge is 0.251 e. The molecule has 1 saturated heterocycles. The summed E-state index contributed by atoms with van der Waals surface area (Å²) < 4.78 is 5.36. The van der Waals surface area contributed by atoms with Crippen molar-refractivity contribution in [2.75, 3.05) is 19.6 Å². The number of rotatable bonds is 3. The van der Waals surface area contributed by atoms with Crippen LogP contribution >= 0.6 is 12.4 Å². The molecule has 1 unspecified atom stereocenters. The monoisotopic (exact) mass is 296 g/mol. The molecule has 2 aliphatic rings. The summed E-state index contributed by atoms with van der Waals surface area (Å²) in [5, 5.41) is 6.40. The summed E-state index contributed by atoms with van der Waals surface area (Å²) in [6.45, 7) is 4.18. The Morgan fingerprint density at radius 3 is 3.00 bits per heavy atom. The fourth-order valence-electron chi connectivity index (χ4n) is 2.75. The van der Waals surface area contributed by atoms with E-state index in [0.29, 0.717) is 19.1 Å². The van der Waals surface area contributed by atoms with Gasteiger partial charge in [0.15, 0.2) is 0 Å². The Balaban J connectivity index is 0.00000147. The molecule has 1 fully saturated rings. The predicted molar refractivity (Wildman–Crippen MR) is 80.1 cm³/mol. The molecule has 5 heteroatoms. The molecule has 4 nitrogen and oxygen atoms in total. The fourth-order valence-corrected chi connectivity index (χ4v) is 2.75. The van der Waals surface area contributed by atoms with Crippen LogP contribution in [0.2, 0.25) is 0 Å². The summed E-state index contributed by atoms with van der Waals surface area (Å²) in [6.07, 6.45) is 2.40. The maximum Gasteiger partial charge on any atom is 0.251 e. The fraction of sp³-hybridized carbons (Fsp3) is 0.533. The van der Waals surface area contributed by atoms with Gasteiger partial charge in [-0.1, -0.05) is 6.07 Å². The number of fused-ring (bicyclic) bond motifs is 1. The van der Waals surface area contributed by atoms with Crippen LogP contribution in [-0.2, 0) is 18.0 Å². The van der Waals surface area contributed by atoms with E-state index in [-0.39, 0.29) is 18.3 Å². The van der Waals surface area contributed by atoms with Gasteiger partial charge >= 0.3 is 0 Å². The van der Waals surface area contributed by atoms with Crippen LogP contribution in [0.1, 0.15) is 34.3 Å². The number of amides is 1. The van der Waals surface area contributed by atoms with Gasteiger partial charge in [-0.05, 0) is 55.1 Å². The average molecular weight is 297 g/mol. The Morgan fingerprint density at radius 1 is 1.35 bits per heavy atom. The van der Waals surface area contributed by atoms with Crippen molar-refractivity contribution < 1.29 is 9.53 Å². The van der Waals surface area contributed by atoms with Crippen LogP contribution in [0.4, 0.5) is 0 Å². The number of carbonyl (C=O) groups is 1. The largest absolute Gasteiger partial charge is 0.372 e. The quantitative estimate of drug-likeness (QED) is 0.895. The third-order valence-electron chi connectivity index (χ3n) is 3.93. The van der Waals surface area contributed by atoms with Gasteiger partial charge in [0.25, 0.3) is 5.91 Å². The number of ether oxygens (including phenoxy) is 1. The number of nitrogens with one attached hydrogen (secondary N) is 2. The Hall–Kier alpha value is -1.10. The summed E-state index contributed by atoms with van der Waals surface area (Å²) in [4.78, 5) is 12.1. The van der Waals surface area contributed by atoms with Gasteiger partial charge in [-0.2, -0.15) is 0 Å². The first-order chi connectivity index (χ1) is 9.33. The molecule has 2 aliphatic heterocycles. The van der Waals surface area contributed by atoms with E-state index in [0.717, 1.165) is 30.8 Å². The van der Waals surface area contributed by atoms with E-state index in [2.05, 4.69) is 10.6 Å². The van der Waals surface area contributed by atoms with Crippen LogP contribution in [0.3, 0.4) is 0 Å². The van der Waals surface area contributed by atoms with E-state index in [1.54, 1.807) is 0 Å². The molecule has 0 aliphatic carbocycles. The van der Waals surface area contributed by atoms with Crippen molar-refractivity contribution in [1.29, 1.82) is 0 Å². The summed E-state index contributed by atoms with van der Waals surface area (Å²) in [5.74, 6) is 0.593. The molecule has 0 bridgehead atoms. The molecule has 2 heterocycles. The standard InChI is InChI=1S/C15H20N2O2.ClH/c18-15(17-8-11-2-1-5-16-7-11)12-3-4-13-9-19-10-14(13)6-12;/h3-4,6,11,16H,1-2,5,7-10H2,(H,17,18);1H. The van der Waals surface area contributed by atoms with Crippen molar-refractivity contribution in [2.45, 2.75) is 26.1 Å². The van der Waals surface area contributed by atoms with Gasteiger partial charge in [0, 0.05) is 12.1 Å². The molecule has 1 amide bonds. The first-order valence-corrected chi connectivity index (χ1v) is 7.01. The third-order valence-corrected chi connectivity index (χ3v) is 3.93. The van der Waals surface area contributed by atoms with Crippen molar-refractivity contribution in [3.8, 4) is 0 Å². The highest BCUT2D eigenvalue weighted by Crippen LogP contribution is 2.20. The highest BCUT2D eigenvalue weighted by molar-refractivity contribution is 5.94. The number of carbonyl (C=O) groups excluding carboxylic acids is 1. The second-order valence-electron chi connectivity index (χ2n) is 5.40. The Morgan fingerprint density at radius 2 is 2.20 bits per heavy atom. The number of hydrogen-bond donors (Lipinski definition) is 2. The van der Waals surface area contributed by atoms with Crippen molar-refractivity contribution in [2.24, 2.45) is 5.92 Å². The highest BCUT2D eigenvalue weighted by Gasteiger charge is 2.16. The number of piperidine rings is 1. The van der Waals surface area contributed by atoms with Crippen LogP contribution in [0, 0.1) is 5.92 Å². The van der Waals surface area contributed by atoms with Crippen molar-refractivity contribution in [1.82, 2.24) is 10.6 Å². The molecule has 0 radical (unpaired) electrons. The average Bonchev–Trinajstić information content (AvgIpc) is 2.93. The van der Waals surface area contributed by atoms with Gasteiger partial charge in [0.2, 0.25) is 0 Å². The van der Waals surface area contributed by atoms with Gasteiger partial charge in [-0.25, -0.2) is 0 Å². The van der Waals surface area contributed by atoms with E-state index >= 15 is 0 Å². The van der Waals surface area contributed by atoms with Crippen LogP contribution in [0.25, 0.3) is 0 Å². The second-order valence-corrected chi connectivity index (χ2v) is 5.40. The van der Waals surface area contributed by atoms with Crippen LogP contribution in [0.5, 0.6) is 0 Å². The minimum absolute atomic E-state index is 0. The lowest BCUT2D eigenvalue weighted by Gasteiger charge is -2.22. The maximum atomic E-state index is 12.1. The topological polar surface area (TPSA) is 50.4 Å². The summed E-state index contributed by atoms with van der Waals surface area (Å²) in [6, 6.07) is 5.85. The molecule has 3 rings (SSSR count). The normalized spacial score (nSPS) is 20.9. The molecule has 0 aromatic heterocycles. The zero-order chi connectivity index (χ0) is 13.1. The van der Waals surface area contributed by atoms with Gasteiger partial charge in [0.1, 0.15) is 0 Å². The van der Waals surface area contributed by atoms with E-state index in [9.17, 15) is 4.79 Å². The predicted octanol–water partition coefficient (Wildman–Crippen LogP) is 1.87. The lowest BCUT2D eigenvalue weighted by Crippen LogP contribution is -2.38. The van der Waals surface area contributed by atoms with Crippen molar-refractivity contribution in [3.05, 3.63) is 34.9 Å². The molecule has 1 aromatic carbocycles. The summed E-state index contributed by atoms with van der Waals surface area (Å²) in [5.41, 5.74) is 3.09. The zero-order valence-corrected chi connectivity index (χ0v) is 12.3. The lowest BCUT2D eigenvalue weighted by atomic mass is 9.99. The molecule has 110 valence electrons. The zero-order valence-electron chi connectivity index (χ0n) is 11.5. The summed E-state index contributed by atoms with van der Waals surface area (Å²) >= 11 is 0. The Bertz CT molecular complexity index is 473. The highest BCUT2D eigenvalue weighted by atomic mass is 35.5. The number of benzene rings is 1. The summed E-state index contributed by atoms with van der Waals surface area (Å²) in [7, 11) is 0. The minimum Gasteiger partial charge on any atom is -0.372 e. The van der Waals surface area contributed by atoms with E-state index in [1.807, 2.05) is 18.2 Å². The SMILES string of the molecule is Cl.O=C(NCC1CCCNC1)c1ccc2c(c1)COC2. The molecular weight excluding hydrogens is 276 g/mol. The van der Waals surface area contributed by atoms with E-state index in [1.165, 1.54) is 18.4 Å². The molecule has 0 spiro atoms. The van der Waals surface area contributed by atoms with Gasteiger partial charge in [0.05, 0.1) is 13.2 Å². The van der Waals surface area contributed by atoms with Gasteiger partial charge in [-0.15, -0.1) is 12.4 Å². The van der Waals surface area contributed by atoms with Crippen molar-refractivity contribution >= 4 is 18.3 Å². The van der Waals surface area contributed by atoms with Crippen molar-refractivity contribution in [3.63, 3.8) is 0 Å². The van der Waals surface area contributed by atoms with Gasteiger partial charge in [-0.3, -0.25) is 4.79 Å². The second kappa shape index (κ2) is 7.07. The molecule has 0 saturated carbocycles. The molecular formula is C15H21ClN2O2. The number of hydrogen-bond acceptors (Lipinski definition) is 3. The first-order valence-electron chi connectivity index (χ1n) is 7.01. The first kappa shape index (κ1) is 15.3. The third kappa shape index (κ3) is 3.51. The van der Waals surface area contributed by atoms with Crippen LogP contribution in [-0.4, -0.2) is 25.5 Å². The van der Waals surface area contributed by atoms with E-state index < -0.39 is 0 Å². The van der Waals surface area contributed by atoms with Gasteiger partial charge < -0.3 is 15.4 Å². The van der Waals surface area contributed by atoms with Crippen LogP contribution < -0.4 is 10.6 Å². The van der Waals surface area contributed by atoms with E-state index in [4.69, 9.17) is 4.74 Å². The molecule has 1 aromatic rings. The lowest BCUT2D eigenvalue weighted by molar-refractivity contribution is 0.0944. The Labute approximate surface area is 125 Å². The molecule has 20 heavy (non-hydrogen) atoms. The molecule has 1 atom stereocenters. The molecule has 2 N–H and O–H groups in total. The Kier molecular flexibility index (Phi) is 5.40. The maximum absolute atomic E-state index is 12.1. The minimum atomic E-state index is 0. The van der Waals surface area contributed by atoms with Crippen LogP contribution in [0.15, 0.2) is 18.2 Å². The number of halogens is 1.